The third-order valence-electron chi connectivity index (χ3n) is 9.30. The van der Waals surface area contributed by atoms with Gasteiger partial charge in [-0.3, -0.25) is 9.59 Å². The minimum atomic E-state index is -0.0676. The summed E-state index contributed by atoms with van der Waals surface area (Å²) < 4.78 is 10.9. The molecule has 2 atom stereocenters. The van der Waals surface area contributed by atoms with Crippen LogP contribution in [0.25, 0.3) is 0 Å². The molecule has 2 heterocycles. The third kappa shape index (κ3) is 2.97. The van der Waals surface area contributed by atoms with E-state index in [1.54, 1.807) is 0 Å². The van der Waals surface area contributed by atoms with Crippen molar-refractivity contribution in [2.75, 3.05) is 33.0 Å². The van der Waals surface area contributed by atoms with Gasteiger partial charge in [0.05, 0.1) is 5.41 Å². The molecule has 5 aliphatic carbocycles. The Balaban J connectivity index is 0.971. The van der Waals surface area contributed by atoms with E-state index in [0.29, 0.717) is 32.1 Å². The molecule has 2 unspecified atom stereocenters. The van der Waals surface area contributed by atoms with Gasteiger partial charge in [0.15, 0.2) is 11.5 Å². The van der Waals surface area contributed by atoms with Gasteiger partial charge >= 0.3 is 0 Å². The van der Waals surface area contributed by atoms with E-state index >= 15 is 0 Å². The molecular weight excluding hydrogens is 404 g/mol. The molecule has 170 valence electrons. The lowest BCUT2D eigenvalue weighted by Crippen LogP contribution is -2.58. The van der Waals surface area contributed by atoms with E-state index in [2.05, 4.69) is 11.0 Å². The lowest BCUT2D eigenvalue weighted by molar-refractivity contribution is -0.160. The Morgan fingerprint density at radius 3 is 2.12 bits per heavy atom. The highest BCUT2D eigenvalue weighted by Crippen LogP contribution is 2.60. The maximum atomic E-state index is 13.6. The van der Waals surface area contributed by atoms with Crippen molar-refractivity contribution >= 4 is 11.8 Å². The summed E-state index contributed by atoms with van der Waals surface area (Å²) in [6.07, 6.45) is 8.36. The molecule has 2 aliphatic heterocycles. The average Bonchev–Trinajstić information content (AvgIpc) is 3.46. The van der Waals surface area contributed by atoms with Gasteiger partial charge in [-0.1, -0.05) is 6.07 Å². The van der Waals surface area contributed by atoms with Gasteiger partial charge in [0.2, 0.25) is 18.6 Å². The first kappa shape index (κ1) is 19.2. The van der Waals surface area contributed by atoms with Crippen LogP contribution in [-0.2, 0) is 9.59 Å². The molecule has 6 fully saturated rings. The van der Waals surface area contributed by atoms with Crippen LogP contribution in [0.5, 0.6) is 11.5 Å². The monoisotopic (exact) mass is 436 g/mol. The number of hydrogen-bond acceptors (Lipinski definition) is 4. The number of fused-ring (bicyclic) bond motifs is 1. The van der Waals surface area contributed by atoms with Gasteiger partial charge in [0.25, 0.3) is 0 Å². The number of nitrogens with zero attached hydrogens (tertiary/aromatic N) is 2. The molecule has 1 aromatic rings. The van der Waals surface area contributed by atoms with Crippen molar-refractivity contribution < 1.29 is 19.1 Å². The first-order valence-corrected chi connectivity index (χ1v) is 12.6. The Morgan fingerprint density at radius 1 is 0.812 bits per heavy atom. The van der Waals surface area contributed by atoms with E-state index in [0.717, 1.165) is 54.9 Å². The molecule has 2 amide bonds. The van der Waals surface area contributed by atoms with Crippen LogP contribution in [0, 0.1) is 29.1 Å². The summed E-state index contributed by atoms with van der Waals surface area (Å²) in [6, 6.07) is 6.04. The number of amides is 2. The summed E-state index contributed by atoms with van der Waals surface area (Å²) in [5.74, 6) is 4.96. The fraction of sp³-hybridized carbons (Fsp3) is 0.692. The quantitative estimate of drug-likeness (QED) is 0.729. The number of piperazine rings is 1. The fourth-order valence-corrected chi connectivity index (χ4v) is 8.05. The van der Waals surface area contributed by atoms with Gasteiger partial charge in [0.1, 0.15) is 0 Å². The van der Waals surface area contributed by atoms with Crippen molar-refractivity contribution in [1.29, 1.82) is 0 Å². The number of benzene rings is 1. The van der Waals surface area contributed by atoms with Gasteiger partial charge in [-0.05, 0) is 86.3 Å². The van der Waals surface area contributed by atoms with E-state index in [9.17, 15) is 9.59 Å². The zero-order chi connectivity index (χ0) is 21.4. The van der Waals surface area contributed by atoms with Crippen molar-refractivity contribution in [2.45, 2.75) is 50.9 Å². The van der Waals surface area contributed by atoms with Crippen LogP contribution >= 0.6 is 0 Å². The second kappa shape index (κ2) is 6.88. The highest BCUT2D eigenvalue weighted by molar-refractivity contribution is 5.85. The Kier molecular flexibility index (Phi) is 4.14. The molecule has 4 bridgehead atoms. The van der Waals surface area contributed by atoms with Crippen molar-refractivity contribution in [3.8, 4) is 11.5 Å². The second-order valence-corrected chi connectivity index (χ2v) is 11.4. The molecule has 32 heavy (non-hydrogen) atoms. The zero-order valence-electron chi connectivity index (χ0n) is 18.6. The van der Waals surface area contributed by atoms with Crippen LogP contribution < -0.4 is 9.47 Å². The van der Waals surface area contributed by atoms with Crippen LogP contribution in [0.1, 0.15) is 56.4 Å². The third-order valence-corrected chi connectivity index (χ3v) is 9.30. The normalized spacial score (nSPS) is 38.8. The highest BCUT2D eigenvalue weighted by Gasteiger charge is 2.56. The minimum absolute atomic E-state index is 0.0676. The lowest BCUT2D eigenvalue weighted by Gasteiger charge is -2.57. The zero-order valence-corrected chi connectivity index (χ0v) is 18.6. The SMILES string of the molecule is O=C(C1CC1c1ccc2c(c1)OCO2)N1CCN(C(=O)C23CC4CC(CC(C4)C2)C3)CC1. The maximum absolute atomic E-state index is 13.6. The molecule has 0 aromatic heterocycles. The summed E-state index contributed by atoms with van der Waals surface area (Å²) in [5, 5.41) is 0. The summed E-state index contributed by atoms with van der Waals surface area (Å²) in [5.41, 5.74) is 1.10. The number of rotatable bonds is 3. The van der Waals surface area contributed by atoms with Gasteiger partial charge in [0, 0.05) is 32.1 Å². The van der Waals surface area contributed by atoms with Gasteiger partial charge in [-0.25, -0.2) is 0 Å². The van der Waals surface area contributed by atoms with E-state index in [1.165, 1.54) is 24.8 Å². The molecule has 0 spiro atoms. The molecule has 6 nitrogen and oxygen atoms in total. The molecular formula is C26H32N2O4. The molecule has 0 radical (unpaired) electrons. The topological polar surface area (TPSA) is 59.1 Å². The Labute approximate surface area is 189 Å². The first-order chi connectivity index (χ1) is 15.6. The summed E-state index contributed by atoms with van der Waals surface area (Å²) in [4.78, 5) is 30.8. The van der Waals surface area contributed by atoms with Crippen LogP contribution in [0.2, 0.25) is 0 Å². The van der Waals surface area contributed by atoms with E-state index in [1.807, 2.05) is 17.0 Å². The number of carbonyl (C=O) groups excluding carboxylic acids is 2. The smallest absolute Gasteiger partial charge is 0.231 e. The van der Waals surface area contributed by atoms with Crippen LogP contribution in [0.3, 0.4) is 0 Å². The first-order valence-electron chi connectivity index (χ1n) is 12.6. The van der Waals surface area contributed by atoms with Crippen LogP contribution in [-0.4, -0.2) is 54.6 Å². The Hall–Kier alpha value is -2.24. The minimum Gasteiger partial charge on any atom is -0.454 e. The number of carbonyl (C=O) groups is 2. The fourth-order valence-electron chi connectivity index (χ4n) is 8.05. The molecule has 6 heteroatoms. The largest absolute Gasteiger partial charge is 0.454 e. The molecule has 0 N–H and O–H groups in total. The van der Waals surface area contributed by atoms with Gasteiger partial charge < -0.3 is 19.3 Å². The summed E-state index contributed by atoms with van der Waals surface area (Å²) in [7, 11) is 0. The average molecular weight is 437 g/mol. The van der Waals surface area contributed by atoms with Crippen LogP contribution in [0.4, 0.5) is 0 Å². The Bertz CT molecular complexity index is 931. The van der Waals surface area contributed by atoms with Gasteiger partial charge in [-0.15, -0.1) is 0 Å². The summed E-state index contributed by atoms with van der Waals surface area (Å²) >= 11 is 0. The summed E-state index contributed by atoms with van der Waals surface area (Å²) in [6.45, 7) is 3.04. The molecule has 5 saturated carbocycles. The van der Waals surface area contributed by atoms with Crippen molar-refractivity contribution in [1.82, 2.24) is 9.80 Å². The van der Waals surface area contributed by atoms with E-state index < -0.39 is 0 Å². The van der Waals surface area contributed by atoms with Gasteiger partial charge in [-0.2, -0.15) is 0 Å². The molecule has 1 aromatic carbocycles. The standard InChI is InChI=1S/C26H32N2O4/c29-24(21-11-20(21)19-1-2-22-23(10-19)32-15-31-22)27-3-5-28(6-4-27)25(30)26-12-16-7-17(13-26)9-18(8-16)14-26/h1-2,10,16-18,20-21H,3-9,11-15H2. The maximum Gasteiger partial charge on any atom is 0.231 e. The lowest BCUT2D eigenvalue weighted by atomic mass is 9.49. The molecule has 1 saturated heterocycles. The van der Waals surface area contributed by atoms with Crippen molar-refractivity contribution in [2.24, 2.45) is 29.1 Å². The Morgan fingerprint density at radius 2 is 1.44 bits per heavy atom. The van der Waals surface area contributed by atoms with Crippen molar-refractivity contribution in [3.05, 3.63) is 23.8 Å². The predicted molar refractivity (Wildman–Crippen MR) is 117 cm³/mol. The molecule has 8 rings (SSSR count). The predicted octanol–water partition coefficient (Wildman–Crippen LogP) is 3.41. The van der Waals surface area contributed by atoms with E-state index in [-0.39, 0.29) is 30.0 Å². The second-order valence-electron chi connectivity index (χ2n) is 11.4. The van der Waals surface area contributed by atoms with E-state index in [4.69, 9.17) is 9.47 Å². The highest BCUT2D eigenvalue weighted by atomic mass is 16.7. The van der Waals surface area contributed by atoms with Crippen LogP contribution in [0.15, 0.2) is 18.2 Å². The number of ether oxygens (including phenoxy) is 2. The number of hydrogen-bond donors (Lipinski definition) is 0. The van der Waals surface area contributed by atoms with Crippen molar-refractivity contribution in [3.63, 3.8) is 0 Å². The molecule has 7 aliphatic rings.